The van der Waals surface area contributed by atoms with Gasteiger partial charge in [0.2, 0.25) is 0 Å². The predicted molar refractivity (Wildman–Crippen MR) is 79.5 cm³/mol. The largest absolute Gasteiger partial charge is 0.508 e. The van der Waals surface area contributed by atoms with Crippen LogP contribution in [0.15, 0.2) is 42.5 Å². The minimum Gasteiger partial charge on any atom is -0.508 e. The van der Waals surface area contributed by atoms with Gasteiger partial charge in [-0.2, -0.15) is 0 Å². The standard InChI is InChI=1S/C17H16O5/c1-11-8-13(18)4-7-16(11)22-17(19)12-2-5-14(6-3-12)20-9-15-10-21-15/h2-8,15,18H,9-10H2,1H3. The van der Waals surface area contributed by atoms with Gasteiger partial charge in [0.05, 0.1) is 12.2 Å². The number of carbonyl (C=O) groups excluding carboxylic acids is 1. The van der Waals surface area contributed by atoms with Gasteiger partial charge in [-0.3, -0.25) is 0 Å². The number of aromatic hydroxyl groups is 1. The molecule has 1 aliphatic rings. The number of esters is 1. The Kier molecular flexibility index (Phi) is 3.98. The second-order valence-electron chi connectivity index (χ2n) is 5.13. The number of phenols is 1. The maximum Gasteiger partial charge on any atom is 0.343 e. The van der Waals surface area contributed by atoms with E-state index in [1.54, 1.807) is 43.3 Å². The molecular formula is C17H16O5. The summed E-state index contributed by atoms with van der Waals surface area (Å²) in [6.07, 6.45) is 0.196. The van der Waals surface area contributed by atoms with Gasteiger partial charge in [0.15, 0.2) is 0 Å². The van der Waals surface area contributed by atoms with E-state index in [2.05, 4.69) is 0 Å². The molecule has 3 rings (SSSR count). The molecule has 0 aromatic heterocycles. The number of aryl methyl sites for hydroxylation is 1. The second-order valence-corrected chi connectivity index (χ2v) is 5.13. The summed E-state index contributed by atoms with van der Waals surface area (Å²) in [4.78, 5) is 12.1. The highest BCUT2D eigenvalue weighted by Crippen LogP contribution is 2.23. The van der Waals surface area contributed by atoms with Gasteiger partial charge in [-0.25, -0.2) is 4.79 Å². The van der Waals surface area contributed by atoms with Gasteiger partial charge in [-0.05, 0) is 55.0 Å². The number of rotatable bonds is 5. The van der Waals surface area contributed by atoms with Crippen LogP contribution < -0.4 is 9.47 Å². The molecule has 0 saturated carbocycles. The van der Waals surface area contributed by atoms with Crippen molar-refractivity contribution in [3.8, 4) is 17.2 Å². The van der Waals surface area contributed by atoms with Gasteiger partial charge in [-0.1, -0.05) is 0 Å². The molecule has 2 aromatic carbocycles. The Morgan fingerprint density at radius 3 is 2.64 bits per heavy atom. The summed E-state index contributed by atoms with van der Waals surface area (Å²) >= 11 is 0. The van der Waals surface area contributed by atoms with E-state index in [9.17, 15) is 9.90 Å². The van der Waals surface area contributed by atoms with Crippen LogP contribution >= 0.6 is 0 Å². The molecule has 0 bridgehead atoms. The molecule has 0 amide bonds. The van der Waals surface area contributed by atoms with Crippen LogP contribution in [0.25, 0.3) is 0 Å². The lowest BCUT2D eigenvalue weighted by Gasteiger charge is -2.08. The maximum atomic E-state index is 12.1. The topological polar surface area (TPSA) is 68.3 Å². The van der Waals surface area contributed by atoms with Crippen LogP contribution in [0.4, 0.5) is 0 Å². The first-order chi connectivity index (χ1) is 10.6. The fourth-order valence-corrected chi connectivity index (χ4v) is 1.95. The number of hydrogen-bond donors (Lipinski definition) is 1. The van der Waals surface area contributed by atoms with Crippen molar-refractivity contribution in [1.29, 1.82) is 0 Å². The van der Waals surface area contributed by atoms with Gasteiger partial charge >= 0.3 is 5.97 Å². The lowest BCUT2D eigenvalue weighted by atomic mass is 10.2. The second kappa shape index (κ2) is 6.07. The average molecular weight is 300 g/mol. The van der Waals surface area contributed by atoms with Crippen LogP contribution in [-0.4, -0.2) is 30.4 Å². The summed E-state index contributed by atoms with van der Waals surface area (Å²) in [5.41, 5.74) is 1.13. The van der Waals surface area contributed by atoms with E-state index in [0.717, 1.165) is 6.61 Å². The lowest BCUT2D eigenvalue weighted by molar-refractivity contribution is 0.0733. The number of benzene rings is 2. The Balaban J connectivity index is 1.63. The number of epoxide rings is 1. The third-order valence-electron chi connectivity index (χ3n) is 3.29. The molecule has 1 atom stereocenters. The molecule has 5 heteroatoms. The van der Waals surface area contributed by atoms with E-state index in [0.29, 0.717) is 29.2 Å². The van der Waals surface area contributed by atoms with Crippen LogP contribution in [-0.2, 0) is 4.74 Å². The zero-order valence-corrected chi connectivity index (χ0v) is 12.1. The fourth-order valence-electron chi connectivity index (χ4n) is 1.95. The zero-order chi connectivity index (χ0) is 15.5. The van der Waals surface area contributed by atoms with Crippen molar-refractivity contribution in [2.75, 3.05) is 13.2 Å². The number of phenolic OH excluding ortho intramolecular Hbond substituents is 1. The summed E-state index contributed by atoms with van der Waals surface area (Å²) in [5, 5.41) is 9.35. The first-order valence-electron chi connectivity index (χ1n) is 6.98. The molecule has 0 spiro atoms. The summed E-state index contributed by atoms with van der Waals surface area (Å²) < 4.78 is 15.9. The lowest BCUT2D eigenvalue weighted by Crippen LogP contribution is -2.09. The molecule has 1 unspecified atom stereocenters. The minimum atomic E-state index is -0.453. The van der Waals surface area contributed by atoms with Crippen LogP contribution in [0.2, 0.25) is 0 Å². The first-order valence-corrected chi connectivity index (χ1v) is 6.98. The highest BCUT2D eigenvalue weighted by Gasteiger charge is 2.23. The summed E-state index contributed by atoms with van der Waals surface area (Å²) in [5.74, 6) is 0.797. The molecule has 0 aliphatic carbocycles. The van der Waals surface area contributed by atoms with Crippen LogP contribution in [0.5, 0.6) is 17.2 Å². The van der Waals surface area contributed by atoms with Crippen LogP contribution in [0.3, 0.4) is 0 Å². The van der Waals surface area contributed by atoms with Gasteiger partial charge in [0, 0.05) is 0 Å². The van der Waals surface area contributed by atoms with E-state index < -0.39 is 5.97 Å². The third kappa shape index (κ3) is 3.56. The van der Waals surface area contributed by atoms with E-state index in [4.69, 9.17) is 14.2 Å². The van der Waals surface area contributed by atoms with Crippen LogP contribution in [0, 0.1) is 6.92 Å². The Bertz CT molecular complexity index is 674. The van der Waals surface area contributed by atoms with Crippen molar-refractivity contribution in [1.82, 2.24) is 0 Å². The van der Waals surface area contributed by atoms with Crippen molar-refractivity contribution in [2.24, 2.45) is 0 Å². The van der Waals surface area contributed by atoms with Gasteiger partial charge in [-0.15, -0.1) is 0 Å². The molecular weight excluding hydrogens is 284 g/mol. The van der Waals surface area contributed by atoms with E-state index in [1.807, 2.05) is 0 Å². The molecule has 1 heterocycles. The first kappa shape index (κ1) is 14.4. The quantitative estimate of drug-likeness (QED) is 0.522. The molecule has 1 aliphatic heterocycles. The molecule has 2 aromatic rings. The summed E-state index contributed by atoms with van der Waals surface area (Å²) in [7, 11) is 0. The van der Waals surface area contributed by atoms with Crippen molar-refractivity contribution < 1.29 is 24.1 Å². The van der Waals surface area contributed by atoms with E-state index in [1.165, 1.54) is 6.07 Å². The fraction of sp³-hybridized carbons (Fsp3) is 0.235. The number of hydrogen-bond acceptors (Lipinski definition) is 5. The molecule has 0 radical (unpaired) electrons. The predicted octanol–water partition coefficient (Wildman–Crippen LogP) is 2.70. The molecule has 22 heavy (non-hydrogen) atoms. The number of ether oxygens (including phenoxy) is 3. The third-order valence-corrected chi connectivity index (χ3v) is 3.29. The Morgan fingerprint density at radius 1 is 1.27 bits per heavy atom. The Morgan fingerprint density at radius 2 is 2.00 bits per heavy atom. The zero-order valence-electron chi connectivity index (χ0n) is 12.1. The highest BCUT2D eigenvalue weighted by molar-refractivity contribution is 5.91. The van der Waals surface area contributed by atoms with Crippen LogP contribution in [0.1, 0.15) is 15.9 Å². The Hall–Kier alpha value is -2.53. The monoisotopic (exact) mass is 300 g/mol. The molecule has 114 valence electrons. The Labute approximate surface area is 128 Å². The number of carbonyl (C=O) groups is 1. The maximum absolute atomic E-state index is 12.1. The van der Waals surface area contributed by atoms with Gasteiger partial charge < -0.3 is 19.3 Å². The molecule has 1 N–H and O–H groups in total. The van der Waals surface area contributed by atoms with E-state index in [-0.39, 0.29) is 11.9 Å². The SMILES string of the molecule is Cc1cc(O)ccc1OC(=O)c1ccc(OCC2CO2)cc1. The average Bonchev–Trinajstić information content (AvgIpc) is 3.33. The highest BCUT2D eigenvalue weighted by atomic mass is 16.6. The van der Waals surface area contributed by atoms with Gasteiger partial charge in [0.25, 0.3) is 0 Å². The molecule has 1 saturated heterocycles. The summed E-state index contributed by atoms with van der Waals surface area (Å²) in [6, 6.07) is 11.3. The van der Waals surface area contributed by atoms with Gasteiger partial charge in [0.1, 0.15) is 30.0 Å². The molecule has 5 nitrogen and oxygen atoms in total. The summed E-state index contributed by atoms with van der Waals surface area (Å²) in [6.45, 7) is 3.03. The molecule has 1 fully saturated rings. The van der Waals surface area contributed by atoms with Crippen molar-refractivity contribution in [3.05, 3.63) is 53.6 Å². The van der Waals surface area contributed by atoms with E-state index >= 15 is 0 Å². The smallest absolute Gasteiger partial charge is 0.343 e. The van der Waals surface area contributed by atoms with Crippen molar-refractivity contribution >= 4 is 5.97 Å². The minimum absolute atomic E-state index is 0.137. The van der Waals surface area contributed by atoms with Crippen molar-refractivity contribution in [2.45, 2.75) is 13.0 Å². The van der Waals surface area contributed by atoms with Crippen molar-refractivity contribution in [3.63, 3.8) is 0 Å². The normalized spacial score (nSPS) is 16.1.